The molecule has 29 heavy (non-hydrogen) atoms. The van der Waals surface area contributed by atoms with Crippen LogP contribution in [0.4, 0.5) is 4.39 Å². The third-order valence-electron chi connectivity index (χ3n) is 5.85. The third-order valence-corrected chi connectivity index (χ3v) is 5.85. The minimum atomic E-state index is -0.270. The zero-order chi connectivity index (χ0) is 19.7. The second-order valence-electron chi connectivity index (χ2n) is 7.76. The Hall–Kier alpha value is -2.80. The first-order valence-corrected chi connectivity index (χ1v) is 9.79. The van der Waals surface area contributed by atoms with Crippen molar-refractivity contribution < 1.29 is 14.7 Å². The number of allylic oxidation sites excluding steroid dienone is 1. The van der Waals surface area contributed by atoms with E-state index in [2.05, 4.69) is 21.8 Å². The number of benzene rings is 1. The van der Waals surface area contributed by atoms with Gasteiger partial charge in [-0.1, -0.05) is 13.0 Å². The Balaban J connectivity index is 0.00000240. The number of hydrogen-bond acceptors (Lipinski definition) is 4. The van der Waals surface area contributed by atoms with Gasteiger partial charge in [-0.3, -0.25) is 4.79 Å². The first kappa shape index (κ1) is 20.9. The first-order chi connectivity index (χ1) is 13.5. The number of nitrogens with zero attached hydrogens (tertiary/aromatic N) is 4. The molecule has 0 aliphatic carbocycles. The van der Waals surface area contributed by atoms with Gasteiger partial charge >= 0.3 is 0 Å². The largest absolute Gasteiger partial charge is 0.412 e. The van der Waals surface area contributed by atoms with Crippen LogP contribution in [0.25, 0.3) is 5.70 Å². The Morgan fingerprint density at radius 2 is 1.90 bits per heavy atom. The first-order valence-electron chi connectivity index (χ1n) is 9.79. The van der Waals surface area contributed by atoms with Crippen molar-refractivity contribution >= 4 is 24.2 Å². The highest BCUT2D eigenvalue weighted by Crippen LogP contribution is 2.40. The number of hydrogen-bond donors (Lipinski definition) is 0. The zero-order valence-electron chi connectivity index (χ0n) is 16.8. The Labute approximate surface area is 170 Å². The summed E-state index contributed by atoms with van der Waals surface area (Å²) in [4.78, 5) is 25.4. The smallest absolute Gasteiger partial charge is 0.246 e. The number of rotatable bonds is 3. The van der Waals surface area contributed by atoms with E-state index < -0.39 is 0 Å². The van der Waals surface area contributed by atoms with Gasteiger partial charge in [0.25, 0.3) is 0 Å². The SMILES string of the molecule is CC1CCN(C(=O)/C=C/C2=C(c3ccc(F)cc3)N(C)C3N=CN=CC23)CC1.O. The summed E-state index contributed by atoms with van der Waals surface area (Å²) in [6.07, 6.45) is 9.01. The van der Waals surface area contributed by atoms with E-state index in [9.17, 15) is 9.18 Å². The Morgan fingerprint density at radius 1 is 1.21 bits per heavy atom. The van der Waals surface area contributed by atoms with Gasteiger partial charge in [-0.2, -0.15) is 0 Å². The number of carbonyl (C=O) groups excluding carboxylic acids is 1. The number of piperidine rings is 1. The van der Waals surface area contributed by atoms with E-state index in [1.807, 2.05) is 24.2 Å². The minimum Gasteiger partial charge on any atom is -0.412 e. The van der Waals surface area contributed by atoms with Crippen LogP contribution in [-0.2, 0) is 4.79 Å². The number of fused-ring (bicyclic) bond motifs is 1. The summed E-state index contributed by atoms with van der Waals surface area (Å²) in [5.74, 6) is 0.427. The molecule has 1 fully saturated rings. The van der Waals surface area contributed by atoms with E-state index in [-0.39, 0.29) is 29.3 Å². The molecule has 0 aromatic heterocycles. The molecule has 0 spiro atoms. The van der Waals surface area contributed by atoms with Crippen LogP contribution in [0.5, 0.6) is 0 Å². The number of likely N-dealkylation sites (tertiary alicyclic amines) is 1. The molecule has 1 aromatic rings. The number of aliphatic imine (C=N–C) groups is 2. The molecule has 6 nitrogen and oxygen atoms in total. The maximum atomic E-state index is 13.4. The van der Waals surface area contributed by atoms with Gasteiger partial charge in [-0.15, -0.1) is 0 Å². The molecule has 3 aliphatic heterocycles. The number of amides is 1. The van der Waals surface area contributed by atoms with Gasteiger partial charge in [0.2, 0.25) is 5.91 Å². The van der Waals surface area contributed by atoms with Crippen molar-refractivity contribution in [3.05, 3.63) is 53.4 Å². The maximum absolute atomic E-state index is 13.4. The molecule has 1 aromatic carbocycles. The quantitative estimate of drug-likeness (QED) is 0.734. The predicted octanol–water partition coefficient (Wildman–Crippen LogP) is 2.53. The molecule has 3 aliphatic rings. The normalized spacial score (nSPS) is 24.2. The summed E-state index contributed by atoms with van der Waals surface area (Å²) < 4.78 is 13.4. The summed E-state index contributed by atoms with van der Waals surface area (Å²) in [5, 5.41) is 0. The van der Waals surface area contributed by atoms with Crippen molar-refractivity contribution in [2.75, 3.05) is 20.1 Å². The van der Waals surface area contributed by atoms with Crippen LogP contribution in [0.1, 0.15) is 25.3 Å². The number of halogens is 1. The van der Waals surface area contributed by atoms with Gasteiger partial charge in [-0.05, 0) is 54.2 Å². The topological polar surface area (TPSA) is 79.8 Å². The van der Waals surface area contributed by atoms with Gasteiger partial charge < -0.3 is 15.3 Å². The number of carbonyl (C=O) groups is 1. The van der Waals surface area contributed by atoms with Crippen molar-refractivity contribution in [1.29, 1.82) is 0 Å². The summed E-state index contributed by atoms with van der Waals surface area (Å²) in [6.45, 7) is 3.85. The van der Waals surface area contributed by atoms with Gasteiger partial charge in [-0.25, -0.2) is 14.4 Å². The minimum absolute atomic E-state index is 0. The van der Waals surface area contributed by atoms with Gasteiger partial charge in [0.05, 0.1) is 5.92 Å². The van der Waals surface area contributed by atoms with Crippen molar-refractivity contribution in [3.8, 4) is 0 Å². The van der Waals surface area contributed by atoms with Crippen molar-refractivity contribution in [2.24, 2.45) is 21.8 Å². The second kappa shape index (κ2) is 8.69. The lowest BCUT2D eigenvalue weighted by Gasteiger charge is -2.29. The van der Waals surface area contributed by atoms with Crippen molar-refractivity contribution in [2.45, 2.75) is 25.9 Å². The molecular weight excluding hydrogens is 371 g/mol. The van der Waals surface area contributed by atoms with Crippen LogP contribution < -0.4 is 0 Å². The van der Waals surface area contributed by atoms with Crippen LogP contribution in [-0.4, -0.2) is 60.0 Å². The van der Waals surface area contributed by atoms with Crippen molar-refractivity contribution in [3.63, 3.8) is 0 Å². The lowest BCUT2D eigenvalue weighted by molar-refractivity contribution is -0.127. The van der Waals surface area contributed by atoms with E-state index in [0.717, 1.165) is 42.8 Å². The van der Waals surface area contributed by atoms with E-state index in [1.165, 1.54) is 12.1 Å². The molecule has 4 rings (SSSR count). The molecular formula is C22H27FN4O2. The molecule has 1 amide bonds. The van der Waals surface area contributed by atoms with E-state index in [4.69, 9.17) is 0 Å². The Morgan fingerprint density at radius 3 is 2.59 bits per heavy atom. The monoisotopic (exact) mass is 398 g/mol. The molecule has 1 saturated heterocycles. The molecule has 2 unspecified atom stereocenters. The maximum Gasteiger partial charge on any atom is 0.246 e. The van der Waals surface area contributed by atoms with E-state index in [1.54, 1.807) is 24.5 Å². The van der Waals surface area contributed by atoms with Gasteiger partial charge in [0.1, 0.15) is 18.3 Å². The zero-order valence-corrected chi connectivity index (χ0v) is 16.8. The van der Waals surface area contributed by atoms with Gasteiger partial charge in [0, 0.05) is 38.1 Å². The standard InChI is InChI=1S/C22H25FN4O.H2O/c1-15-9-11-27(12-10-15)20(28)8-7-18-19-13-24-14-25-22(19)26(2)21(18)16-3-5-17(23)6-4-16;/h3-8,13-15,19,22H,9-12H2,1-2H3;1H2/b8-7+;. The fourth-order valence-corrected chi connectivity index (χ4v) is 4.15. The molecule has 2 N–H and O–H groups in total. The van der Waals surface area contributed by atoms with Crippen LogP contribution in [0.15, 0.2) is 52.0 Å². The van der Waals surface area contributed by atoms with Crippen LogP contribution in [0, 0.1) is 17.7 Å². The lowest BCUT2D eigenvalue weighted by Crippen LogP contribution is -2.36. The molecule has 154 valence electrons. The molecule has 3 heterocycles. The summed E-state index contributed by atoms with van der Waals surface area (Å²) in [6, 6.07) is 6.44. The molecule has 7 heteroatoms. The molecule has 0 bridgehead atoms. The Kier molecular flexibility index (Phi) is 6.27. The average molecular weight is 398 g/mol. The predicted molar refractivity (Wildman–Crippen MR) is 113 cm³/mol. The second-order valence-corrected chi connectivity index (χ2v) is 7.76. The highest BCUT2D eigenvalue weighted by molar-refractivity contribution is 5.91. The van der Waals surface area contributed by atoms with Crippen LogP contribution >= 0.6 is 0 Å². The van der Waals surface area contributed by atoms with E-state index in [0.29, 0.717) is 5.92 Å². The summed E-state index contributed by atoms with van der Waals surface area (Å²) >= 11 is 0. The summed E-state index contributed by atoms with van der Waals surface area (Å²) in [5.41, 5.74) is 2.84. The van der Waals surface area contributed by atoms with Gasteiger partial charge in [0.15, 0.2) is 0 Å². The highest BCUT2D eigenvalue weighted by Gasteiger charge is 2.38. The van der Waals surface area contributed by atoms with E-state index >= 15 is 0 Å². The summed E-state index contributed by atoms with van der Waals surface area (Å²) in [7, 11) is 1.97. The van der Waals surface area contributed by atoms with Crippen molar-refractivity contribution in [1.82, 2.24) is 9.80 Å². The molecule has 0 radical (unpaired) electrons. The van der Waals surface area contributed by atoms with Crippen LogP contribution in [0.3, 0.4) is 0 Å². The highest BCUT2D eigenvalue weighted by atomic mass is 19.1. The van der Waals surface area contributed by atoms with Crippen LogP contribution in [0.2, 0.25) is 0 Å². The fourth-order valence-electron chi connectivity index (χ4n) is 4.15. The third kappa shape index (κ3) is 4.15. The molecule has 2 atom stereocenters. The lowest BCUT2D eigenvalue weighted by atomic mass is 9.96. The Bertz CT molecular complexity index is 867. The molecule has 0 saturated carbocycles. The fraction of sp³-hybridized carbons (Fsp3) is 0.409. The average Bonchev–Trinajstić information content (AvgIpc) is 2.99.